The fraction of sp³-hybridized carbons (Fsp3) is 0.583. The molecule has 0 aromatic carbocycles. The number of nitro groups is 1. The lowest BCUT2D eigenvalue weighted by Crippen LogP contribution is -2.42. The van der Waals surface area contributed by atoms with Crippen LogP contribution >= 0.6 is 15.9 Å². The monoisotopic (exact) mass is 330 g/mol. The van der Waals surface area contributed by atoms with Crippen LogP contribution in [0, 0.1) is 16.0 Å². The highest BCUT2D eigenvalue weighted by atomic mass is 79.9. The van der Waals surface area contributed by atoms with Gasteiger partial charge in [0.2, 0.25) is 0 Å². The third-order valence-electron chi connectivity index (χ3n) is 3.42. The highest BCUT2D eigenvalue weighted by Gasteiger charge is 2.27. The Bertz CT molecular complexity index is 474. The first-order chi connectivity index (χ1) is 9.11. The summed E-state index contributed by atoms with van der Waals surface area (Å²) in [6.45, 7) is 0. The molecule has 1 N–H and O–H groups in total. The van der Waals surface area contributed by atoms with Gasteiger partial charge in [0.25, 0.3) is 5.91 Å². The fourth-order valence-electron chi connectivity index (χ4n) is 2.37. The van der Waals surface area contributed by atoms with E-state index in [0.29, 0.717) is 5.92 Å². The van der Waals surface area contributed by atoms with Crippen LogP contribution < -0.4 is 5.32 Å². The molecule has 1 amide bonds. The molecule has 104 valence electrons. The van der Waals surface area contributed by atoms with Crippen LogP contribution in [0.5, 0.6) is 0 Å². The number of nitrogens with zero attached hydrogens (tertiary/aromatic N) is 1. The maximum atomic E-state index is 12.0. The summed E-state index contributed by atoms with van der Waals surface area (Å²) in [6.07, 6.45) is 4.28. The van der Waals surface area contributed by atoms with Crippen molar-refractivity contribution in [2.75, 3.05) is 5.33 Å². The van der Waals surface area contributed by atoms with E-state index in [-0.39, 0.29) is 17.7 Å². The molecule has 1 aromatic heterocycles. The molecular formula is C12H15BrN2O4. The Morgan fingerprint density at radius 3 is 2.84 bits per heavy atom. The fourth-order valence-corrected chi connectivity index (χ4v) is 3.14. The lowest BCUT2D eigenvalue weighted by atomic mass is 9.86. The van der Waals surface area contributed by atoms with Crippen LogP contribution in [0.4, 0.5) is 5.88 Å². The van der Waals surface area contributed by atoms with Gasteiger partial charge in [0, 0.05) is 11.4 Å². The third kappa shape index (κ3) is 3.34. The number of rotatable bonds is 4. The van der Waals surface area contributed by atoms with Crippen LogP contribution in [0.1, 0.15) is 36.2 Å². The second kappa shape index (κ2) is 6.18. The zero-order valence-corrected chi connectivity index (χ0v) is 11.9. The topological polar surface area (TPSA) is 85.4 Å². The predicted octanol–water partition coefficient (Wildman–Crippen LogP) is 2.87. The van der Waals surface area contributed by atoms with Crippen molar-refractivity contribution in [1.29, 1.82) is 0 Å². The minimum atomic E-state index is -0.654. The number of furan rings is 1. The summed E-state index contributed by atoms with van der Waals surface area (Å²) in [5.74, 6) is -0.398. The summed E-state index contributed by atoms with van der Waals surface area (Å²) in [5, 5.41) is 14.2. The molecule has 2 atom stereocenters. The van der Waals surface area contributed by atoms with Gasteiger partial charge in [-0.15, -0.1) is 0 Å². The molecule has 1 heterocycles. The molecule has 0 radical (unpaired) electrons. The number of halogens is 1. The van der Waals surface area contributed by atoms with E-state index in [0.717, 1.165) is 24.6 Å². The molecule has 2 unspecified atom stereocenters. The molecule has 0 spiro atoms. The van der Waals surface area contributed by atoms with Gasteiger partial charge in [0.05, 0.1) is 6.07 Å². The molecule has 0 saturated heterocycles. The average molecular weight is 331 g/mol. The van der Waals surface area contributed by atoms with Crippen molar-refractivity contribution in [3.63, 3.8) is 0 Å². The molecule has 7 heteroatoms. The number of nitrogens with one attached hydrogen (secondary N) is 1. The van der Waals surface area contributed by atoms with Gasteiger partial charge in [0.15, 0.2) is 5.76 Å². The first-order valence-corrected chi connectivity index (χ1v) is 7.35. The number of hydrogen-bond donors (Lipinski definition) is 1. The highest BCUT2D eigenvalue weighted by molar-refractivity contribution is 9.09. The summed E-state index contributed by atoms with van der Waals surface area (Å²) in [7, 11) is 0. The van der Waals surface area contributed by atoms with E-state index in [2.05, 4.69) is 21.2 Å². The second-order valence-corrected chi connectivity index (χ2v) is 5.32. The van der Waals surface area contributed by atoms with E-state index in [1.807, 2.05) is 0 Å². The quantitative estimate of drug-likeness (QED) is 0.522. The standard InChI is InChI=1S/C12H15BrN2O4/c13-7-8-3-1-2-4-9(8)14-12(16)10-5-6-11(19-10)15(17)18/h5-6,8-9H,1-4,7H2,(H,14,16). The molecule has 2 rings (SSSR count). The second-order valence-electron chi connectivity index (χ2n) is 4.67. The summed E-state index contributed by atoms with van der Waals surface area (Å²) >= 11 is 3.46. The SMILES string of the molecule is O=C(NC1CCCCC1CBr)c1ccc([N+](=O)[O-])o1. The normalized spacial score (nSPS) is 23.0. The van der Waals surface area contributed by atoms with Crippen LogP contribution in [0.25, 0.3) is 0 Å². The average Bonchev–Trinajstić information content (AvgIpc) is 2.89. The molecule has 6 nitrogen and oxygen atoms in total. The number of carbonyl (C=O) groups is 1. The number of hydrogen-bond acceptors (Lipinski definition) is 4. The predicted molar refractivity (Wildman–Crippen MR) is 72.4 cm³/mol. The van der Waals surface area contributed by atoms with Crippen molar-refractivity contribution in [2.45, 2.75) is 31.7 Å². The first-order valence-electron chi connectivity index (χ1n) is 6.23. The van der Waals surface area contributed by atoms with Crippen molar-refractivity contribution in [2.24, 2.45) is 5.92 Å². The zero-order valence-electron chi connectivity index (χ0n) is 10.3. The minimum Gasteiger partial charge on any atom is -0.395 e. The van der Waals surface area contributed by atoms with Gasteiger partial charge in [-0.1, -0.05) is 28.8 Å². The third-order valence-corrected chi connectivity index (χ3v) is 4.25. The summed E-state index contributed by atoms with van der Waals surface area (Å²) in [6, 6.07) is 2.63. The van der Waals surface area contributed by atoms with Crippen molar-refractivity contribution in [3.05, 3.63) is 28.0 Å². The van der Waals surface area contributed by atoms with Gasteiger partial charge in [-0.3, -0.25) is 14.9 Å². The van der Waals surface area contributed by atoms with Crippen molar-refractivity contribution in [1.82, 2.24) is 5.32 Å². The molecule has 1 aliphatic rings. The molecular weight excluding hydrogens is 316 g/mol. The largest absolute Gasteiger partial charge is 0.433 e. The van der Waals surface area contributed by atoms with Crippen LogP contribution in [-0.4, -0.2) is 22.2 Å². The maximum absolute atomic E-state index is 12.0. The number of carbonyl (C=O) groups excluding carboxylic acids is 1. The lowest BCUT2D eigenvalue weighted by molar-refractivity contribution is -0.402. The van der Waals surface area contributed by atoms with Gasteiger partial charge >= 0.3 is 5.88 Å². The number of alkyl halides is 1. The molecule has 19 heavy (non-hydrogen) atoms. The Balaban J connectivity index is 2.01. The van der Waals surface area contributed by atoms with E-state index in [9.17, 15) is 14.9 Å². The van der Waals surface area contributed by atoms with Crippen LogP contribution in [0.15, 0.2) is 16.5 Å². The molecule has 1 saturated carbocycles. The minimum absolute atomic E-state index is 0.00871. The maximum Gasteiger partial charge on any atom is 0.433 e. The Labute approximate surface area is 118 Å². The van der Waals surface area contributed by atoms with Crippen LogP contribution in [0.3, 0.4) is 0 Å². The van der Waals surface area contributed by atoms with Crippen molar-refractivity contribution >= 4 is 27.7 Å². The molecule has 1 aliphatic carbocycles. The highest BCUT2D eigenvalue weighted by Crippen LogP contribution is 2.26. The van der Waals surface area contributed by atoms with Gasteiger partial charge in [0.1, 0.15) is 4.92 Å². The molecule has 0 aliphatic heterocycles. The summed E-state index contributed by atoms with van der Waals surface area (Å²) in [5.41, 5.74) is 0. The Hall–Kier alpha value is -1.37. The van der Waals surface area contributed by atoms with Crippen molar-refractivity contribution < 1.29 is 14.1 Å². The van der Waals surface area contributed by atoms with Gasteiger partial charge in [-0.2, -0.15) is 0 Å². The van der Waals surface area contributed by atoms with E-state index < -0.39 is 10.8 Å². The first kappa shape index (κ1) is 14.0. The smallest absolute Gasteiger partial charge is 0.395 e. The Kier molecular flexibility index (Phi) is 4.57. The van der Waals surface area contributed by atoms with E-state index in [1.54, 1.807) is 0 Å². The Morgan fingerprint density at radius 1 is 1.47 bits per heavy atom. The lowest BCUT2D eigenvalue weighted by Gasteiger charge is -2.30. The molecule has 1 fully saturated rings. The zero-order chi connectivity index (χ0) is 13.8. The molecule has 0 bridgehead atoms. The van der Waals surface area contributed by atoms with Gasteiger partial charge in [-0.25, -0.2) is 0 Å². The Morgan fingerprint density at radius 2 is 2.21 bits per heavy atom. The van der Waals surface area contributed by atoms with Crippen molar-refractivity contribution in [3.8, 4) is 0 Å². The van der Waals surface area contributed by atoms with E-state index in [1.165, 1.54) is 18.6 Å². The molecule has 1 aromatic rings. The summed E-state index contributed by atoms with van der Waals surface area (Å²) in [4.78, 5) is 21.8. The van der Waals surface area contributed by atoms with Crippen LogP contribution in [0.2, 0.25) is 0 Å². The van der Waals surface area contributed by atoms with E-state index >= 15 is 0 Å². The van der Waals surface area contributed by atoms with Crippen LogP contribution in [-0.2, 0) is 0 Å². The van der Waals surface area contributed by atoms with Gasteiger partial charge in [-0.05, 0) is 24.8 Å². The van der Waals surface area contributed by atoms with E-state index in [4.69, 9.17) is 4.42 Å². The van der Waals surface area contributed by atoms with Gasteiger partial charge < -0.3 is 9.73 Å². The summed E-state index contributed by atoms with van der Waals surface area (Å²) < 4.78 is 4.89. The number of amides is 1.